The molecule has 0 saturated heterocycles. The molecule has 0 bridgehead atoms. The first-order chi connectivity index (χ1) is 9.15. The highest BCUT2D eigenvalue weighted by Crippen LogP contribution is 2.21. The number of halogens is 2. The molecule has 0 aliphatic rings. The predicted octanol–water partition coefficient (Wildman–Crippen LogP) is 3.17. The first kappa shape index (κ1) is 17.0. The summed E-state index contributed by atoms with van der Waals surface area (Å²) in [5.41, 5.74) is 0. The van der Waals surface area contributed by atoms with Crippen molar-refractivity contribution >= 4 is 10.0 Å². The van der Waals surface area contributed by atoms with Crippen LogP contribution in [0.1, 0.15) is 27.7 Å². The molecule has 0 unspecified atom stereocenters. The van der Waals surface area contributed by atoms with Gasteiger partial charge in [-0.25, -0.2) is 21.9 Å². The van der Waals surface area contributed by atoms with Crippen LogP contribution in [-0.4, -0.2) is 15.0 Å². The molecule has 0 aliphatic carbocycles. The van der Waals surface area contributed by atoms with Crippen LogP contribution in [-0.2, 0) is 10.0 Å². The second kappa shape index (κ2) is 6.63. The van der Waals surface area contributed by atoms with E-state index in [2.05, 4.69) is 4.72 Å². The second-order valence-corrected chi connectivity index (χ2v) is 7.31. The molecule has 0 amide bonds. The molecule has 114 valence electrons. The van der Waals surface area contributed by atoms with Gasteiger partial charge in [-0.05, 0) is 36.0 Å². The molecule has 0 atom stereocenters. The highest BCUT2D eigenvalue weighted by atomic mass is 32.2. The smallest absolute Gasteiger partial charge is 0.211 e. The van der Waals surface area contributed by atoms with E-state index in [-0.39, 0.29) is 24.3 Å². The van der Waals surface area contributed by atoms with Gasteiger partial charge in [0.1, 0.15) is 16.5 Å². The lowest BCUT2D eigenvalue weighted by Crippen LogP contribution is -2.34. The maximum Gasteiger partial charge on any atom is 0.243 e. The van der Waals surface area contributed by atoms with Crippen molar-refractivity contribution < 1.29 is 17.2 Å². The van der Waals surface area contributed by atoms with Crippen molar-refractivity contribution in [1.29, 1.82) is 0 Å². The average Bonchev–Trinajstić information content (AvgIpc) is 2.31. The van der Waals surface area contributed by atoms with Gasteiger partial charge >= 0.3 is 0 Å². The zero-order valence-electron chi connectivity index (χ0n) is 12.2. The number of hydrogen-bond donors (Lipinski definition) is 1. The fourth-order valence-electron chi connectivity index (χ4n) is 2.21. The Morgan fingerprint density at radius 2 is 1.65 bits per heavy atom. The quantitative estimate of drug-likeness (QED) is 0.877. The van der Waals surface area contributed by atoms with Gasteiger partial charge in [0, 0.05) is 6.54 Å². The fourth-order valence-corrected chi connectivity index (χ4v) is 3.37. The predicted molar refractivity (Wildman–Crippen MR) is 74.7 cm³/mol. The minimum atomic E-state index is -4.04. The SMILES string of the molecule is CC(C)C(CNS(=O)(=O)c1cc(F)ccc1F)C(C)C. The lowest BCUT2D eigenvalue weighted by molar-refractivity contribution is 0.289. The van der Waals surface area contributed by atoms with E-state index in [0.717, 1.165) is 12.1 Å². The zero-order valence-corrected chi connectivity index (χ0v) is 13.0. The Kier molecular flexibility index (Phi) is 5.65. The lowest BCUT2D eigenvalue weighted by Gasteiger charge is -2.25. The third-order valence-electron chi connectivity index (χ3n) is 3.40. The molecule has 0 saturated carbocycles. The standard InChI is InChI=1S/C14H21F2NO2S/c1-9(2)12(10(3)4)8-17-20(18,19)14-7-11(15)5-6-13(14)16/h5-7,9-10,12,17H,8H2,1-4H3. The van der Waals surface area contributed by atoms with Gasteiger partial charge in [0.2, 0.25) is 10.0 Å². The summed E-state index contributed by atoms with van der Waals surface area (Å²) in [5, 5.41) is 0. The summed E-state index contributed by atoms with van der Waals surface area (Å²) in [5.74, 6) is -1.04. The molecule has 0 fully saturated rings. The molecule has 1 aromatic rings. The van der Waals surface area contributed by atoms with E-state index in [0.29, 0.717) is 6.07 Å². The molecule has 0 aromatic heterocycles. The molecule has 1 rings (SSSR count). The van der Waals surface area contributed by atoms with Crippen LogP contribution in [0.2, 0.25) is 0 Å². The summed E-state index contributed by atoms with van der Waals surface area (Å²) in [6, 6.07) is 2.39. The minimum absolute atomic E-state index is 0.126. The molecular formula is C14H21F2NO2S. The lowest BCUT2D eigenvalue weighted by atomic mass is 9.86. The van der Waals surface area contributed by atoms with E-state index in [1.165, 1.54) is 0 Å². The van der Waals surface area contributed by atoms with Crippen LogP contribution < -0.4 is 4.72 Å². The summed E-state index contributed by atoms with van der Waals surface area (Å²) >= 11 is 0. The molecule has 6 heteroatoms. The number of sulfonamides is 1. The molecule has 0 heterocycles. The molecule has 1 N–H and O–H groups in total. The molecular weight excluding hydrogens is 284 g/mol. The number of nitrogens with one attached hydrogen (secondary N) is 1. The van der Waals surface area contributed by atoms with E-state index >= 15 is 0 Å². The normalized spacial score (nSPS) is 12.7. The summed E-state index contributed by atoms with van der Waals surface area (Å²) < 4.78 is 53.0. The minimum Gasteiger partial charge on any atom is -0.211 e. The molecule has 0 aliphatic heterocycles. The Bertz CT molecular complexity index is 548. The monoisotopic (exact) mass is 305 g/mol. The van der Waals surface area contributed by atoms with E-state index < -0.39 is 26.6 Å². The van der Waals surface area contributed by atoms with Crippen LogP contribution in [0, 0.1) is 29.4 Å². The van der Waals surface area contributed by atoms with Crippen molar-refractivity contribution in [2.45, 2.75) is 32.6 Å². The Labute approximate surface area is 119 Å². The van der Waals surface area contributed by atoms with Crippen LogP contribution >= 0.6 is 0 Å². The van der Waals surface area contributed by atoms with Crippen molar-refractivity contribution in [3.8, 4) is 0 Å². The van der Waals surface area contributed by atoms with Gasteiger partial charge in [-0.1, -0.05) is 27.7 Å². The maximum absolute atomic E-state index is 13.5. The summed E-state index contributed by atoms with van der Waals surface area (Å²) in [7, 11) is -4.04. The van der Waals surface area contributed by atoms with E-state index in [1.807, 2.05) is 27.7 Å². The van der Waals surface area contributed by atoms with Crippen molar-refractivity contribution in [2.75, 3.05) is 6.54 Å². The van der Waals surface area contributed by atoms with Gasteiger partial charge in [-0.3, -0.25) is 0 Å². The van der Waals surface area contributed by atoms with Crippen LogP contribution in [0.3, 0.4) is 0 Å². The Morgan fingerprint density at radius 3 is 2.15 bits per heavy atom. The van der Waals surface area contributed by atoms with Gasteiger partial charge in [0.05, 0.1) is 0 Å². The molecule has 3 nitrogen and oxygen atoms in total. The topological polar surface area (TPSA) is 46.2 Å². The van der Waals surface area contributed by atoms with Crippen LogP contribution in [0.25, 0.3) is 0 Å². The molecule has 1 aromatic carbocycles. The highest BCUT2D eigenvalue weighted by molar-refractivity contribution is 7.89. The first-order valence-corrected chi connectivity index (χ1v) is 8.08. The van der Waals surface area contributed by atoms with Gasteiger partial charge in [0.15, 0.2) is 0 Å². The summed E-state index contributed by atoms with van der Waals surface area (Å²) in [4.78, 5) is -0.649. The van der Waals surface area contributed by atoms with E-state index in [4.69, 9.17) is 0 Å². The van der Waals surface area contributed by atoms with Gasteiger partial charge < -0.3 is 0 Å². The Balaban J connectivity index is 2.93. The molecule has 0 spiro atoms. The number of hydrogen-bond acceptors (Lipinski definition) is 2. The van der Waals surface area contributed by atoms with Crippen molar-refractivity contribution in [3.05, 3.63) is 29.8 Å². The first-order valence-electron chi connectivity index (χ1n) is 6.60. The molecule has 0 radical (unpaired) electrons. The van der Waals surface area contributed by atoms with Gasteiger partial charge in [-0.15, -0.1) is 0 Å². The average molecular weight is 305 g/mol. The Hall–Kier alpha value is -1.01. The van der Waals surface area contributed by atoms with Crippen LogP contribution in [0.5, 0.6) is 0 Å². The van der Waals surface area contributed by atoms with Crippen LogP contribution in [0.15, 0.2) is 23.1 Å². The summed E-state index contributed by atoms with van der Waals surface area (Å²) in [6.07, 6.45) is 0. The second-order valence-electron chi connectivity index (χ2n) is 5.58. The van der Waals surface area contributed by atoms with E-state index in [1.54, 1.807) is 0 Å². The van der Waals surface area contributed by atoms with Gasteiger partial charge in [-0.2, -0.15) is 0 Å². The summed E-state index contributed by atoms with van der Waals surface area (Å²) in [6.45, 7) is 8.21. The third kappa shape index (κ3) is 4.24. The largest absolute Gasteiger partial charge is 0.243 e. The highest BCUT2D eigenvalue weighted by Gasteiger charge is 2.24. The number of rotatable bonds is 6. The molecule has 20 heavy (non-hydrogen) atoms. The van der Waals surface area contributed by atoms with Crippen molar-refractivity contribution in [1.82, 2.24) is 4.72 Å². The Morgan fingerprint density at radius 1 is 1.10 bits per heavy atom. The number of benzene rings is 1. The van der Waals surface area contributed by atoms with Crippen molar-refractivity contribution in [2.24, 2.45) is 17.8 Å². The maximum atomic E-state index is 13.5. The van der Waals surface area contributed by atoms with Crippen LogP contribution in [0.4, 0.5) is 8.78 Å². The zero-order chi connectivity index (χ0) is 15.5. The van der Waals surface area contributed by atoms with Gasteiger partial charge in [0.25, 0.3) is 0 Å². The van der Waals surface area contributed by atoms with Crippen molar-refractivity contribution in [3.63, 3.8) is 0 Å². The third-order valence-corrected chi connectivity index (χ3v) is 4.84. The fraction of sp³-hybridized carbons (Fsp3) is 0.571. The van der Waals surface area contributed by atoms with E-state index in [9.17, 15) is 17.2 Å².